The first-order valence-electron chi connectivity index (χ1n) is 3.32. The molecule has 1 nitrogen and oxygen atoms in total. The fraction of sp³-hybridized carbons (Fsp3) is 0.143. The van der Waals surface area contributed by atoms with Crippen LogP contribution < -0.4 is 4.74 Å². The van der Waals surface area contributed by atoms with E-state index < -0.39 is 39.9 Å². The van der Waals surface area contributed by atoms with Crippen LogP contribution in [-0.2, 0) is 0 Å². The number of ether oxygens (including phenoxy) is 1. The highest BCUT2D eigenvalue weighted by molar-refractivity contribution is 6.37. The molecule has 0 bridgehead atoms. The van der Waals surface area contributed by atoms with Gasteiger partial charge in [-0.15, -0.1) is 0 Å². The minimum Gasteiger partial charge on any atom is -0.431 e. The molecule has 0 atom stereocenters. The van der Waals surface area contributed by atoms with E-state index >= 15 is 0 Å². The van der Waals surface area contributed by atoms with Crippen LogP contribution in [0, 0.1) is 17.5 Å². The maximum atomic E-state index is 12.8. The first-order chi connectivity index (χ1) is 6.86. The van der Waals surface area contributed by atoms with Gasteiger partial charge in [0.1, 0.15) is 10.0 Å². The Balaban J connectivity index is 3.39. The molecule has 0 saturated heterocycles. The predicted octanol–water partition coefficient (Wildman–Crippen LogP) is 4.01. The van der Waals surface area contributed by atoms with Crippen LogP contribution in [0.4, 0.5) is 22.0 Å². The van der Waals surface area contributed by atoms with Crippen molar-refractivity contribution in [1.82, 2.24) is 0 Å². The summed E-state index contributed by atoms with van der Waals surface area (Å²) in [4.78, 5) is 0. The summed E-state index contributed by atoms with van der Waals surface area (Å²) in [6.45, 7) is -3.38. The summed E-state index contributed by atoms with van der Waals surface area (Å²) in [5.41, 5.74) is 0. The summed E-state index contributed by atoms with van der Waals surface area (Å²) in [6, 6.07) is 0. The molecular formula is C7HCl2F5O. The Morgan fingerprint density at radius 1 is 0.867 bits per heavy atom. The average molecular weight is 267 g/mol. The van der Waals surface area contributed by atoms with E-state index in [2.05, 4.69) is 4.74 Å². The molecular weight excluding hydrogens is 266 g/mol. The monoisotopic (exact) mass is 266 g/mol. The third-order valence-corrected chi connectivity index (χ3v) is 2.05. The van der Waals surface area contributed by atoms with E-state index in [4.69, 9.17) is 23.2 Å². The summed E-state index contributed by atoms with van der Waals surface area (Å²) < 4.78 is 65.3. The lowest BCUT2D eigenvalue weighted by Crippen LogP contribution is -2.06. The lowest BCUT2D eigenvalue weighted by molar-refractivity contribution is -0.0501. The fourth-order valence-electron chi connectivity index (χ4n) is 0.777. The Kier molecular flexibility index (Phi) is 3.62. The number of alkyl halides is 2. The standard InChI is InChI=1S/C7HCl2F5O/c8-1-3(10)5(12)4(11)2(9)6(1)15-7(13)14/h7H. The quantitative estimate of drug-likeness (QED) is 0.447. The second-order valence-corrected chi connectivity index (χ2v) is 3.03. The van der Waals surface area contributed by atoms with Crippen LogP contribution in [0.15, 0.2) is 0 Å². The number of halogens is 7. The van der Waals surface area contributed by atoms with Crippen LogP contribution in [0.25, 0.3) is 0 Å². The molecule has 0 aliphatic heterocycles. The topological polar surface area (TPSA) is 9.23 Å². The SMILES string of the molecule is Fc1c(F)c(Cl)c(OC(F)F)c(Cl)c1F. The van der Waals surface area contributed by atoms with Crippen LogP contribution in [0.3, 0.4) is 0 Å². The highest BCUT2D eigenvalue weighted by Gasteiger charge is 2.25. The van der Waals surface area contributed by atoms with Gasteiger partial charge in [0.25, 0.3) is 0 Å². The van der Waals surface area contributed by atoms with Crippen LogP contribution in [0.2, 0.25) is 10.0 Å². The third-order valence-electron chi connectivity index (χ3n) is 1.38. The number of rotatable bonds is 2. The largest absolute Gasteiger partial charge is 0.431 e. The molecule has 0 aliphatic carbocycles. The normalized spacial score (nSPS) is 10.9. The molecule has 8 heteroatoms. The zero-order valence-electron chi connectivity index (χ0n) is 6.63. The van der Waals surface area contributed by atoms with Gasteiger partial charge in [-0.3, -0.25) is 0 Å². The van der Waals surface area contributed by atoms with Crippen LogP contribution in [-0.4, -0.2) is 6.61 Å². The molecule has 0 heterocycles. The van der Waals surface area contributed by atoms with E-state index in [0.29, 0.717) is 0 Å². The smallest absolute Gasteiger partial charge is 0.387 e. The lowest BCUT2D eigenvalue weighted by Gasteiger charge is -2.10. The molecule has 1 rings (SSSR count). The number of benzene rings is 1. The van der Waals surface area contributed by atoms with Gasteiger partial charge in [-0.25, -0.2) is 13.2 Å². The van der Waals surface area contributed by atoms with Crippen molar-refractivity contribution >= 4 is 23.2 Å². The van der Waals surface area contributed by atoms with Crippen LogP contribution in [0.1, 0.15) is 0 Å². The molecule has 1 aromatic rings. The first-order valence-corrected chi connectivity index (χ1v) is 4.08. The summed E-state index contributed by atoms with van der Waals surface area (Å²) in [5.74, 6) is -6.76. The van der Waals surface area contributed by atoms with Crippen molar-refractivity contribution in [3.63, 3.8) is 0 Å². The van der Waals surface area contributed by atoms with Crippen LogP contribution in [0.5, 0.6) is 5.75 Å². The average Bonchev–Trinajstić information content (AvgIpc) is 2.18. The number of hydrogen-bond donors (Lipinski definition) is 0. The fourth-order valence-corrected chi connectivity index (χ4v) is 1.27. The molecule has 1 aromatic carbocycles. The predicted molar refractivity (Wildman–Crippen MR) is 43.0 cm³/mol. The van der Waals surface area contributed by atoms with E-state index in [1.165, 1.54) is 0 Å². The molecule has 0 aliphatic rings. The Labute approximate surface area is 90.3 Å². The molecule has 0 aromatic heterocycles. The minimum atomic E-state index is -3.38. The van der Waals surface area contributed by atoms with E-state index in [-0.39, 0.29) is 0 Å². The molecule has 0 saturated carbocycles. The summed E-state index contributed by atoms with van der Waals surface area (Å²) in [7, 11) is 0. The zero-order chi connectivity index (χ0) is 11.7. The Bertz CT molecular complexity index is 366. The second-order valence-electron chi connectivity index (χ2n) is 2.28. The summed E-state index contributed by atoms with van der Waals surface area (Å²) >= 11 is 10.2. The van der Waals surface area contributed by atoms with Gasteiger partial charge in [-0.05, 0) is 0 Å². The van der Waals surface area contributed by atoms with Gasteiger partial charge in [0.05, 0.1) is 0 Å². The van der Waals surface area contributed by atoms with E-state index in [9.17, 15) is 22.0 Å². The van der Waals surface area contributed by atoms with Crippen molar-refractivity contribution in [2.24, 2.45) is 0 Å². The van der Waals surface area contributed by atoms with Gasteiger partial charge in [0, 0.05) is 0 Å². The zero-order valence-corrected chi connectivity index (χ0v) is 8.14. The molecule has 0 fully saturated rings. The molecule has 0 N–H and O–H groups in total. The molecule has 0 unspecified atom stereocenters. The van der Waals surface area contributed by atoms with Crippen molar-refractivity contribution in [3.05, 3.63) is 27.5 Å². The Morgan fingerprint density at radius 3 is 1.60 bits per heavy atom. The van der Waals surface area contributed by atoms with E-state index in [1.807, 2.05) is 0 Å². The summed E-state index contributed by atoms with van der Waals surface area (Å²) in [6.07, 6.45) is 0. The highest BCUT2D eigenvalue weighted by atomic mass is 35.5. The first kappa shape index (κ1) is 12.3. The van der Waals surface area contributed by atoms with Gasteiger partial charge in [0.2, 0.25) is 0 Å². The molecule has 0 amide bonds. The Morgan fingerprint density at radius 2 is 1.27 bits per heavy atom. The van der Waals surface area contributed by atoms with Crippen molar-refractivity contribution < 1.29 is 26.7 Å². The van der Waals surface area contributed by atoms with Gasteiger partial charge in [-0.2, -0.15) is 8.78 Å². The molecule has 15 heavy (non-hydrogen) atoms. The van der Waals surface area contributed by atoms with Crippen molar-refractivity contribution in [2.45, 2.75) is 6.61 Å². The third kappa shape index (κ3) is 2.26. The van der Waals surface area contributed by atoms with E-state index in [0.717, 1.165) is 0 Å². The van der Waals surface area contributed by atoms with Gasteiger partial charge in [0.15, 0.2) is 23.2 Å². The van der Waals surface area contributed by atoms with Gasteiger partial charge < -0.3 is 4.74 Å². The highest BCUT2D eigenvalue weighted by Crippen LogP contribution is 2.39. The Hall–Kier alpha value is -0.750. The molecule has 84 valence electrons. The van der Waals surface area contributed by atoms with Gasteiger partial charge >= 0.3 is 6.61 Å². The second kappa shape index (κ2) is 4.40. The van der Waals surface area contributed by atoms with Crippen molar-refractivity contribution in [1.29, 1.82) is 0 Å². The van der Waals surface area contributed by atoms with E-state index in [1.54, 1.807) is 0 Å². The van der Waals surface area contributed by atoms with Gasteiger partial charge in [-0.1, -0.05) is 23.2 Å². The maximum Gasteiger partial charge on any atom is 0.387 e. The number of hydrogen-bond acceptors (Lipinski definition) is 1. The summed E-state index contributed by atoms with van der Waals surface area (Å²) in [5, 5.41) is -2.28. The maximum absolute atomic E-state index is 12.8. The lowest BCUT2D eigenvalue weighted by atomic mass is 10.3. The molecule has 0 radical (unpaired) electrons. The van der Waals surface area contributed by atoms with Crippen molar-refractivity contribution in [2.75, 3.05) is 0 Å². The van der Waals surface area contributed by atoms with Crippen molar-refractivity contribution in [3.8, 4) is 5.75 Å². The molecule has 0 spiro atoms. The minimum absolute atomic E-state index is 1.13. The van der Waals surface area contributed by atoms with Crippen LogP contribution >= 0.6 is 23.2 Å².